The standard InChI is InChI=1S/C31H35F6NO/c1-4-7-21-17-24(18-22(8-5-2)25(21)9-6-3)27(31(35,36)37)14-11-20-10-13-26-23(16-20)12-15-28(26)38-29(39)19-30(32,33)34/h10-11,13-14,16-18,27H,4-9,12,15,19H2,1-3H3/b14-11+,38-28?. The van der Waals surface area contributed by atoms with Crippen molar-refractivity contribution in [1.82, 2.24) is 0 Å². The predicted octanol–water partition coefficient (Wildman–Crippen LogP) is 9.12. The normalized spacial score (nSPS) is 15.8. The predicted molar refractivity (Wildman–Crippen MR) is 143 cm³/mol. The highest BCUT2D eigenvalue weighted by Gasteiger charge is 2.39. The van der Waals surface area contributed by atoms with Crippen molar-refractivity contribution in [2.45, 2.75) is 96.8 Å². The van der Waals surface area contributed by atoms with Gasteiger partial charge in [0.25, 0.3) is 5.91 Å². The molecule has 0 radical (unpaired) electrons. The van der Waals surface area contributed by atoms with Gasteiger partial charge in [-0.3, -0.25) is 4.79 Å². The number of aliphatic imine (C=N–C) groups is 1. The Labute approximate surface area is 226 Å². The number of halogens is 6. The Morgan fingerprint density at radius 3 is 2.05 bits per heavy atom. The number of alkyl halides is 6. The van der Waals surface area contributed by atoms with Crippen LogP contribution in [0.1, 0.15) is 97.7 Å². The van der Waals surface area contributed by atoms with E-state index in [2.05, 4.69) is 11.9 Å². The number of fused-ring (bicyclic) bond motifs is 1. The van der Waals surface area contributed by atoms with Crippen molar-refractivity contribution in [2.75, 3.05) is 0 Å². The second-order valence-corrected chi connectivity index (χ2v) is 10.1. The van der Waals surface area contributed by atoms with Crippen molar-refractivity contribution in [3.8, 4) is 0 Å². The van der Waals surface area contributed by atoms with Crippen LogP contribution in [-0.2, 0) is 30.5 Å². The summed E-state index contributed by atoms with van der Waals surface area (Å²) in [5, 5.41) is 0. The van der Waals surface area contributed by atoms with Gasteiger partial charge in [-0.05, 0) is 71.0 Å². The van der Waals surface area contributed by atoms with E-state index >= 15 is 0 Å². The molecular formula is C31H35F6NO. The third kappa shape index (κ3) is 8.29. The molecule has 3 rings (SSSR count). The molecule has 1 atom stereocenters. The van der Waals surface area contributed by atoms with Crippen molar-refractivity contribution in [1.29, 1.82) is 0 Å². The number of allylic oxidation sites excluding steroid dienone is 1. The van der Waals surface area contributed by atoms with Crippen LogP contribution in [-0.4, -0.2) is 24.0 Å². The molecule has 0 saturated carbocycles. The molecule has 0 spiro atoms. The van der Waals surface area contributed by atoms with Crippen molar-refractivity contribution in [3.63, 3.8) is 0 Å². The zero-order chi connectivity index (χ0) is 28.8. The van der Waals surface area contributed by atoms with Gasteiger partial charge in [-0.15, -0.1) is 0 Å². The van der Waals surface area contributed by atoms with Gasteiger partial charge in [0.2, 0.25) is 0 Å². The van der Waals surface area contributed by atoms with Gasteiger partial charge >= 0.3 is 12.4 Å². The molecule has 2 aromatic rings. The van der Waals surface area contributed by atoms with Crippen LogP contribution < -0.4 is 0 Å². The van der Waals surface area contributed by atoms with Gasteiger partial charge in [-0.25, -0.2) is 4.99 Å². The minimum Gasteiger partial charge on any atom is -0.272 e. The average molecular weight is 552 g/mol. The zero-order valence-corrected chi connectivity index (χ0v) is 22.6. The number of hydrogen-bond acceptors (Lipinski definition) is 1. The fraction of sp³-hybridized carbons (Fsp3) is 0.484. The summed E-state index contributed by atoms with van der Waals surface area (Å²) in [4.78, 5) is 15.3. The molecule has 0 fully saturated rings. The molecule has 1 unspecified atom stereocenters. The van der Waals surface area contributed by atoms with Gasteiger partial charge in [0.1, 0.15) is 6.42 Å². The summed E-state index contributed by atoms with van der Waals surface area (Å²) in [5.41, 5.74) is 5.55. The second kappa shape index (κ2) is 13.0. The monoisotopic (exact) mass is 551 g/mol. The van der Waals surface area contributed by atoms with E-state index in [4.69, 9.17) is 0 Å². The highest BCUT2D eigenvalue weighted by Crippen LogP contribution is 2.39. The number of nitrogens with zero attached hydrogens (tertiary/aromatic N) is 1. The van der Waals surface area contributed by atoms with Crippen LogP contribution in [0.5, 0.6) is 0 Å². The molecule has 0 aromatic heterocycles. The molecule has 1 aliphatic carbocycles. The lowest BCUT2D eigenvalue weighted by molar-refractivity contribution is -0.151. The third-order valence-electron chi connectivity index (χ3n) is 6.87. The average Bonchev–Trinajstić information content (AvgIpc) is 3.21. The molecule has 39 heavy (non-hydrogen) atoms. The highest BCUT2D eigenvalue weighted by molar-refractivity contribution is 6.09. The maximum absolute atomic E-state index is 14.3. The first-order valence-corrected chi connectivity index (χ1v) is 13.6. The van der Waals surface area contributed by atoms with Gasteiger partial charge in [0.05, 0.1) is 11.6 Å². The molecule has 0 saturated heterocycles. The number of carbonyl (C=O) groups excluding carboxylic acids is 1. The summed E-state index contributed by atoms with van der Waals surface area (Å²) >= 11 is 0. The Balaban J connectivity index is 1.94. The minimum atomic E-state index is -4.63. The van der Waals surface area contributed by atoms with Gasteiger partial charge in [-0.1, -0.05) is 82.5 Å². The topological polar surface area (TPSA) is 29.4 Å². The summed E-state index contributed by atoms with van der Waals surface area (Å²) in [6, 6.07) is 8.38. The Kier molecular flexibility index (Phi) is 10.2. The number of aryl methyl sites for hydroxylation is 3. The Morgan fingerprint density at radius 2 is 1.51 bits per heavy atom. The maximum Gasteiger partial charge on any atom is 0.399 e. The number of carbonyl (C=O) groups is 1. The Bertz CT molecular complexity index is 1200. The van der Waals surface area contributed by atoms with Crippen LogP contribution >= 0.6 is 0 Å². The van der Waals surface area contributed by atoms with Crippen LogP contribution in [0.2, 0.25) is 0 Å². The van der Waals surface area contributed by atoms with E-state index in [0.29, 0.717) is 24.0 Å². The first-order chi connectivity index (χ1) is 18.4. The van der Waals surface area contributed by atoms with E-state index in [1.165, 1.54) is 17.7 Å². The first-order valence-electron chi connectivity index (χ1n) is 13.6. The third-order valence-corrected chi connectivity index (χ3v) is 6.87. The van der Waals surface area contributed by atoms with E-state index in [1.807, 2.05) is 13.8 Å². The fourth-order valence-electron chi connectivity index (χ4n) is 5.25. The van der Waals surface area contributed by atoms with Crippen LogP contribution in [0.25, 0.3) is 6.08 Å². The fourth-order valence-corrected chi connectivity index (χ4v) is 5.25. The number of hydrogen-bond donors (Lipinski definition) is 0. The van der Waals surface area contributed by atoms with E-state index in [9.17, 15) is 31.1 Å². The molecular weight excluding hydrogens is 516 g/mol. The molecule has 0 bridgehead atoms. The molecule has 0 N–H and O–H groups in total. The maximum atomic E-state index is 14.3. The summed E-state index contributed by atoms with van der Waals surface area (Å²) in [6.45, 7) is 6.13. The summed E-state index contributed by atoms with van der Waals surface area (Å²) < 4.78 is 80.4. The Morgan fingerprint density at radius 1 is 0.897 bits per heavy atom. The number of rotatable bonds is 10. The van der Waals surface area contributed by atoms with Gasteiger partial charge in [0.15, 0.2) is 0 Å². The van der Waals surface area contributed by atoms with Crippen LogP contribution in [0.4, 0.5) is 26.3 Å². The van der Waals surface area contributed by atoms with Crippen LogP contribution in [0.3, 0.4) is 0 Å². The van der Waals surface area contributed by atoms with Crippen LogP contribution in [0, 0.1) is 0 Å². The van der Waals surface area contributed by atoms with Crippen molar-refractivity contribution < 1.29 is 31.1 Å². The SMILES string of the molecule is CCCc1cc(C(/C=C/c2ccc3c(c2)CCC3=NC(=O)CC(F)(F)F)C(F)(F)F)cc(CCC)c1CCC. The smallest absolute Gasteiger partial charge is 0.272 e. The lowest BCUT2D eigenvalue weighted by atomic mass is 9.86. The van der Waals surface area contributed by atoms with Crippen LogP contribution in [0.15, 0.2) is 41.4 Å². The molecule has 0 aliphatic heterocycles. The highest BCUT2D eigenvalue weighted by atomic mass is 19.4. The molecule has 212 valence electrons. The number of benzene rings is 2. The molecule has 0 heterocycles. The first kappa shape index (κ1) is 30.6. The van der Waals surface area contributed by atoms with E-state index in [0.717, 1.165) is 55.2 Å². The lowest BCUT2D eigenvalue weighted by Crippen LogP contribution is -2.20. The van der Waals surface area contributed by atoms with Crippen molar-refractivity contribution in [2.24, 2.45) is 4.99 Å². The van der Waals surface area contributed by atoms with Gasteiger partial charge in [0, 0.05) is 0 Å². The number of amides is 1. The Hall–Kier alpha value is -2.90. The molecule has 1 amide bonds. The largest absolute Gasteiger partial charge is 0.399 e. The molecule has 2 aromatic carbocycles. The quantitative estimate of drug-likeness (QED) is 0.271. The molecule has 8 heteroatoms. The minimum absolute atomic E-state index is 0.240. The van der Waals surface area contributed by atoms with Gasteiger partial charge in [-0.2, -0.15) is 26.3 Å². The second-order valence-electron chi connectivity index (χ2n) is 10.1. The molecule has 1 aliphatic rings. The summed E-state index contributed by atoms with van der Waals surface area (Å²) in [6.07, 6.45) is -2.41. The van der Waals surface area contributed by atoms with Crippen molar-refractivity contribution in [3.05, 3.63) is 75.4 Å². The summed E-state index contributed by atoms with van der Waals surface area (Å²) in [5.74, 6) is -3.03. The molecule has 2 nitrogen and oxygen atoms in total. The zero-order valence-electron chi connectivity index (χ0n) is 22.6. The van der Waals surface area contributed by atoms with E-state index in [1.54, 1.807) is 30.3 Å². The van der Waals surface area contributed by atoms with Gasteiger partial charge < -0.3 is 0 Å². The lowest BCUT2D eigenvalue weighted by Gasteiger charge is -2.22. The van der Waals surface area contributed by atoms with E-state index in [-0.39, 0.29) is 11.3 Å². The van der Waals surface area contributed by atoms with E-state index < -0.39 is 30.6 Å². The van der Waals surface area contributed by atoms with Crippen molar-refractivity contribution >= 4 is 17.7 Å². The summed E-state index contributed by atoms with van der Waals surface area (Å²) in [7, 11) is 0.